The Morgan fingerprint density at radius 1 is 0.660 bits per heavy atom. The molecule has 0 aliphatic heterocycles. The maximum Gasteiger partial charge on any atom is 0.472 e. The lowest BCUT2D eigenvalue weighted by atomic mass is 10.0. The van der Waals surface area contributed by atoms with E-state index < -0.39 is 20.0 Å². The number of likely N-dealkylation sites (N-methyl/N-ethyl adjacent to an activating group) is 1. The first-order chi connectivity index (χ1) is 24.0. The molecule has 0 aromatic rings. The van der Waals surface area contributed by atoms with Crippen molar-refractivity contribution in [2.75, 3.05) is 40.9 Å². The van der Waals surface area contributed by atoms with Gasteiger partial charge in [0.2, 0.25) is 5.91 Å². The average molecular weight is 730 g/mol. The second-order valence-electron chi connectivity index (χ2n) is 15.4. The second-order valence-corrected chi connectivity index (χ2v) is 16.8. The molecule has 0 saturated carbocycles. The van der Waals surface area contributed by atoms with Crippen LogP contribution in [-0.4, -0.2) is 73.4 Å². The lowest BCUT2D eigenvalue weighted by Crippen LogP contribution is -2.45. The topological polar surface area (TPSA) is 105 Å². The van der Waals surface area contributed by atoms with Crippen LogP contribution in [0.1, 0.15) is 181 Å². The van der Waals surface area contributed by atoms with Gasteiger partial charge in [-0.05, 0) is 32.1 Å². The number of nitrogens with zero attached hydrogens (tertiary/aromatic N) is 1. The van der Waals surface area contributed by atoms with E-state index in [0.717, 1.165) is 38.5 Å². The first kappa shape index (κ1) is 49.0. The van der Waals surface area contributed by atoms with Crippen molar-refractivity contribution in [1.82, 2.24) is 5.32 Å². The minimum Gasteiger partial charge on any atom is -0.387 e. The summed E-state index contributed by atoms with van der Waals surface area (Å²) < 4.78 is 23.4. The highest BCUT2D eigenvalue weighted by Crippen LogP contribution is 2.43. The van der Waals surface area contributed by atoms with E-state index in [-0.39, 0.29) is 19.1 Å². The molecular weight excluding hydrogens is 647 g/mol. The number of hydrogen-bond acceptors (Lipinski definition) is 5. The molecule has 0 rings (SSSR count). The van der Waals surface area contributed by atoms with Crippen LogP contribution in [0.25, 0.3) is 0 Å². The minimum atomic E-state index is -4.33. The van der Waals surface area contributed by atoms with Gasteiger partial charge in [-0.2, -0.15) is 0 Å². The highest BCUT2D eigenvalue weighted by molar-refractivity contribution is 7.47. The number of carbonyl (C=O) groups is 1. The molecule has 0 aromatic carbocycles. The number of unbranched alkanes of at least 4 members (excludes halogenated alkanes) is 22. The predicted octanol–water partition coefficient (Wildman–Crippen LogP) is 11.0. The summed E-state index contributed by atoms with van der Waals surface area (Å²) in [6.07, 6.45) is 38.3. The zero-order valence-electron chi connectivity index (χ0n) is 33.4. The van der Waals surface area contributed by atoms with Crippen LogP contribution in [0.5, 0.6) is 0 Å². The van der Waals surface area contributed by atoms with Crippen LogP contribution in [0.4, 0.5) is 0 Å². The molecular formula is C41H82N2O6P+. The molecule has 0 aromatic heterocycles. The standard InChI is InChI=1S/C41H81N2O6P/c1-6-8-10-12-14-16-17-18-19-20-21-22-23-24-25-26-27-28-30-32-34-40(44)39(38-49-50(46,47)48-37-36-43(3,4)5)42-41(45)35-33-31-29-15-13-11-9-7-2/h26-27,32,34,39-40,44H,6-25,28-31,33,35-38H2,1-5H3,(H-,42,45,46,47)/p+1/b27-26+,34-32+. The van der Waals surface area contributed by atoms with E-state index >= 15 is 0 Å². The molecule has 1 amide bonds. The molecule has 9 heteroatoms. The minimum absolute atomic E-state index is 0.0577. The molecule has 0 bridgehead atoms. The van der Waals surface area contributed by atoms with Gasteiger partial charge in [0.1, 0.15) is 13.2 Å². The van der Waals surface area contributed by atoms with Crippen LogP contribution in [-0.2, 0) is 18.4 Å². The number of aliphatic hydroxyl groups is 1. The van der Waals surface area contributed by atoms with Crippen molar-refractivity contribution in [3.05, 3.63) is 24.3 Å². The van der Waals surface area contributed by atoms with Crippen LogP contribution in [0.3, 0.4) is 0 Å². The molecule has 0 radical (unpaired) electrons. The van der Waals surface area contributed by atoms with Gasteiger partial charge < -0.3 is 19.8 Å². The molecule has 0 aliphatic carbocycles. The van der Waals surface area contributed by atoms with Crippen molar-refractivity contribution in [2.45, 2.75) is 193 Å². The zero-order valence-corrected chi connectivity index (χ0v) is 34.3. The van der Waals surface area contributed by atoms with Crippen molar-refractivity contribution in [1.29, 1.82) is 0 Å². The monoisotopic (exact) mass is 730 g/mol. The van der Waals surface area contributed by atoms with E-state index in [2.05, 4.69) is 31.3 Å². The number of hydrogen-bond donors (Lipinski definition) is 3. The maximum absolute atomic E-state index is 12.7. The number of aliphatic hydroxyl groups excluding tert-OH is 1. The van der Waals surface area contributed by atoms with Crippen LogP contribution in [0, 0.1) is 0 Å². The molecule has 3 atom stereocenters. The summed E-state index contributed by atoms with van der Waals surface area (Å²) in [5.41, 5.74) is 0. The SMILES string of the molecule is CCCCCCCCCCCCCCCC/C=C/CC/C=C/C(O)C(COP(=O)(O)OCC[N+](C)(C)C)NC(=O)CCCCCCCCCC. The zero-order chi connectivity index (χ0) is 37.2. The lowest BCUT2D eigenvalue weighted by Gasteiger charge is -2.25. The molecule has 0 spiro atoms. The second kappa shape index (κ2) is 33.8. The van der Waals surface area contributed by atoms with E-state index in [1.165, 1.54) is 122 Å². The Kier molecular flexibility index (Phi) is 33.1. The summed E-state index contributed by atoms with van der Waals surface area (Å²) in [7, 11) is 1.56. The molecule has 3 N–H and O–H groups in total. The van der Waals surface area contributed by atoms with Gasteiger partial charge in [0.25, 0.3) is 0 Å². The summed E-state index contributed by atoms with van der Waals surface area (Å²) >= 11 is 0. The quantitative estimate of drug-likeness (QED) is 0.0254. The van der Waals surface area contributed by atoms with Gasteiger partial charge in [0.05, 0.1) is 39.9 Å². The van der Waals surface area contributed by atoms with Gasteiger partial charge in [-0.1, -0.05) is 167 Å². The van der Waals surface area contributed by atoms with Gasteiger partial charge in [-0.15, -0.1) is 0 Å². The van der Waals surface area contributed by atoms with E-state index in [1.54, 1.807) is 6.08 Å². The van der Waals surface area contributed by atoms with Crippen LogP contribution >= 0.6 is 7.82 Å². The number of phosphoric ester groups is 1. The number of nitrogens with one attached hydrogen (secondary N) is 1. The Balaban J connectivity index is 4.40. The Bertz CT molecular complexity index is 876. The lowest BCUT2D eigenvalue weighted by molar-refractivity contribution is -0.870. The Hall–Kier alpha value is -1.02. The van der Waals surface area contributed by atoms with Crippen LogP contribution in [0.2, 0.25) is 0 Å². The van der Waals surface area contributed by atoms with Gasteiger partial charge in [-0.3, -0.25) is 13.8 Å². The molecule has 0 fully saturated rings. The third kappa shape index (κ3) is 35.4. The van der Waals surface area contributed by atoms with Gasteiger partial charge in [-0.25, -0.2) is 4.57 Å². The summed E-state index contributed by atoms with van der Waals surface area (Å²) in [4.78, 5) is 22.9. The number of phosphoric acid groups is 1. The number of carbonyl (C=O) groups excluding carboxylic acids is 1. The fraction of sp³-hybridized carbons (Fsp3) is 0.878. The van der Waals surface area contributed by atoms with E-state index in [9.17, 15) is 19.4 Å². The maximum atomic E-state index is 12.7. The Morgan fingerprint density at radius 2 is 1.10 bits per heavy atom. The Labute approximate surface area is 309 Å². The smallest absolute Gasteiger partial charge is 0.387 e. The summed E-state index contributed by atoms with van der Waals surface area (Å²) in [6, 6.07) is -0.855. The van der Waals surface area contributed by atoms with Crippen molar-refractivity contribution in [2.24, 2.45) is 0 Å². The number of amides is 1. The molecule has 50 heavy (non-hydrogen) atoms. The van der Waals surface area contributed by atoms with Crippen molar-refractivity contribution in [3.8, 4) is 0 Å². The fourth-order valence-electron chi connectivity index (χ4n) is 5.82. The normalized spacial score (nSPS) is 14.8. The number of allylic oxidation sites excluding steroid dienone is 3. The molecule has 0 heterocycles. The third-order valence-electron chi connectivity index (χ3n) is 9.17. The first-order valence-corrected chi connectivity index (χ1v) is 22.2. The molecule has 296 valence electrons. The van der Waals surface area contributed by atoms with Crippen molar-refractivity contribution < 1.29 is 32.9 Å². The van der Waals surface area contributed by atoms with Gasteiger partial charge in [0.15, 0.2) is 0 Å². The first-order valence-electron chi connectivity index (χ1n) is 20.7. The number of quaternary nitrogens is 1. The summed E-state index contributed by atoms with van der Waals surface area (Å²) in [5.74, 6) is -0.192. The largest absolute Gasteiger partial charge is 0.472 e. The Morgan fingerprint density at radius 3 is 1.60 bits per heavy atom. The van der Waals surface area contributed by atoms with Crippen LogP contribution in [0.15, 0.2) is 24.3 Å². The molecule has 0 aliphatic rings. The average Bonchev–Trinajstić information content (AvgIpc) is 3.06. The molecule has 3 unspecified atom stereocenters. The third-order valence-corrected chi connectivity index (χ3v) is 10.2. The van der Waals surface area contributed by atoms with Crippen molar-refractivity contribution >= 4 is 13.7 Å². The highest BCUT2D eigenvalue weighted by atomic mass is 31.2. The number of rotatable bonds is 37. The van der Waals surface area contributed by atoms with E-state index in [4.69, 9.17) is 9.05 Å². The highest BCUT2D eigenvalue weighted by Gasteiger charge is 2.27. The van der Waals surface area contributed by atoms with E-state index in [0.29, 0.717) is 17.4 Å². The molecule has 0 saturated heterocycles. The predicted molar refractivity (Wildman–Crippen MR) is 212 cm³/mol. The van der Waals surface area contributed by atoms with Gasteiger partial charge in [0, 0.05) is 6.42 Å². The summed E-state index contributed by atoms with van der Waals surface area (Å²) in [5, 5.41) is 13.7. The van der Waals surface area contributed by atoms with Gasteiger partial charge >= 0.3 is 7.82 Å². The fourth-order valence-corrected chi connectivity index (χ4v) is 6.56. The molecule has 8 nitrogen and oxygen atoms in total. The summed E-state index contributed by atoms with van der Waals surface area (Å²) in [6.45, 7) is 4.75. The van der Waals surface area contributed by atoms with Crippen LogP contribution < -0.4 is 5.32 Å². The van der Waals surface area contributed by atoms with E-state index in [1.807, 2.05) is 27.2 Å². The van der Waals surface area contributed by atoms with Crippen molar-refractivity contribution in [3.63, 3.8) is 0 Å².